The molecule has 0 N–H and O–H groups in total. The van der Waals surface area contributed by atoms with Gasteiger partial charge in [0, 0.05) is 0 Å². The van der Waals surface area contributed by atoms with Gasteiger partial charge in [0.1, 0.15) is 0 Å². The lowest BCUT2D eigenvalue weighted by molar-refractivity contribution is 0.0544. The van der Waals surface area contributed by atoms with Crippen LogP contribution in [-0.4, -0.2) is 51.7 Å². The Morgan fingerprint density at radius 1 is 0.920 bits per heavy atom. The lowest BCUT2D eigenvalue weighted by Crippen LogP contribution is -2.50. The summed E-state index contributed by atoms with van der Waals surface area (Å²) in [6.07, 6.45) is 7.46. The minimum atomic E-state index is 0.575. The Balaban J connectivity index is 2.91. The van der Waals surface area contributed by atoms with Gasteiger partial charge in [-0.15, -0.1) is 0 Å². The first-order chi connectivity index (χ1) is 12.2. The van der Waals surface area contributed by atoms with Crippen molar-refractivity contribution in [3.05, 3.63) is 36.4 Å². The van der Waals surface area contributed by atoms with Crippen LogP contribution in [0, 0.1) is 0 Å². The van der Waals surface area contributed by atoms with Gasteiger partial charge in [0.05, 0.1) is 15.7 Å². The van der Waals surface area contributed by atoms with Crippen molar-refractivity contribution in [3.63, 3.8) is 0 Å². The van der Waals surface area contributed by atoms with E-state index in [1.54, 1.807) is 0 Å². The molecule has 0 unspecified atom stereocenters. The van der Waals surface area contributed by atoms with Crippen LogP contribution in [0.5, 0.6) is 0 Å². The van der Waals surface area contributed by atoms with Gasteiger partial charge < -0.3 is 0 Å². The van der Waals surface area contributed by atoms with Gasteiger partial charge >= 0.3 is 0 Å². The van der Waals surface area contributed by atoms with Crippen LogP contribution in [0.4, 0.5) is 0 Å². The summed E-state index contributed by atoms with van der Waals surface area (Å²) < 4.78 is 0. The molecule has 0 aromatic heterocycles. The fraction of sp³-hybridized carbons (Fsp3) is 0.636. The molecule has 0 aliphatic rings. The molecule has 0 amide bonds. The monoisotopic (exact) mass is 358 g/mol. The summed E-state index contributed by atoms with van der Waals surface area (Å²) in [5, 5.41) is 1.46. The van der Waals surface area contributed by atoms with E-state index >= 15 is 0 Å². The Bertz CT molecular complexity index is 447. The number of hydrogen-bond acceptors (Lipinski definition) is 2. The van der Waals surface area contributed by atoms with E-state index < -0.39 is 0 Å². The second-order valence-electron chi connectivity index (χ2n) is 6.76. The van der Waals surface area contributed by atoms with Crippen LogP contribution < -0.4 is 5.19 Å². The summed E-state index contributed by atoms with van der Waals surface area (Å²) in [5.41, 5.74) is 1.24. The number of benzene rings is 1. The van der Waals surface area contributed by atoms with Gasteiger partial charge in [0.15, 0.2) is 0 Å². The molecule has 0 saturated heterocycles. The first-order valence-corrected chi connectivity index (χ1v) is 11.3. The molecule has 140 valence electrons. The molecule has 0 fully saturated rings. The predicted molar refractivity (Wildman–Crippen MR) is 115 cm³/mol. The molecule has 1 aromatic rings. The zero-order valence-corrected chi connectivity index (χ0v) is 17.9. The molecule has 25 heavy (non-hydrogen) atoms. The number of nitrogens with zero attached hydrogens (tertiary/aromatic N) is 2. The molecular weight excluding hydrogens is 320 g/mol. The average Bonchev–Trinajstić information content (AvgIpc) is 2.62. The lowest BCUT2D eigenvalue weighted by atomic mass is 10.2. The van der Waals surface area contributed by atoms with Gasteiger partial charge in [-0.3, -0.25) is 9.80 Å². The summed E-state index contributed by atoms with van der Waals surface area (Å²) in [6.45, 7) is 18.0. The van der Waals surface area contributed by atoms with Crippen molar-refractivity contribution < 1.29 is 0 Å². The summed E-state index contributed by atoms with van der Waals surface area (Å²) in [4.78, 5) is 5.46. The van der Waals surface area contributed by atoms with Gasteiger partial charge in [-0.25, -0.2) is 0 Å². The SMILES string of the molecule is C=Cc1cccc([Si]CC(N(CCC)CCC)N(CCC)CCC)c1. The number of hydrogen-bond donors (Lipinski definition) is 0. The van der Waals surface area contributed by atoms with E-state index in [9.17, 15) is 0 Å². The lowest BCUT2D eigenvalue weighted by Gasteiger charge is -2.40. The molecule has 0 aliphatic carbocycles. The van der Waals surface area contributed by atoms with Crippen LogP contribution in [0.2, 0.25) is 6.04 Å². The maximum atomic E-state index is 3.91. The van der Waals surface area contributed by atoms with E-state index in [-0.39, 0.29) is 0 Å². The highest BCUT2D eigenvalue weighted by molar-refractivity contribution is 6.53. The largest absolute Gasteiger partial charge is 0.288 e. The highest BCUT2D eigenvalue weighted by Crippen LogP contribution is 2.14. The van der Waals surface area contributed by atoms with E-state index in [0.717, 1.165) is 9.52 Å². The van der Waals surface area contributed by atoms with E-state index in [1.165, 1.54) is 68.7 Å². The Morgan fingerprint density at radius 2 is 1.44 bits per heavy atom. The van der Waals surface area contributed by atoms with Crippen LogP contribution in [0.15, 0.2) is 30.8 Å². The van der Waals surface area contributed by atoms with E-state index in [0.29, 0.717) is 6.17 Å². The third-order valence-electron chi connectivity index (χ3n) is 4.50. The molecule has 1 rings (SSSR count). The molecule has 3 heteroatoms. The molecule has 0 heterocycles. The van der Waals surface area contributed by atoms with Crippen LogP contribution in [0.1, 0.15) is 58.9 Å². The highest BCUT2D eigenvalue weighted by atomic mass is 28.2. The third kappa shape index (κ3) is 7.89. The molecule has 0 atom stereocenters. The van der Waals surface area contributed by atoms with Gasteiger partial charge in [0.2, 0.25) is 0 Å². The van der Waals surface area contributed by atoms with Crippen molar-refractivity contribution in [1.82, 2.24) is 9.80 Å². The minimum Gasteiger partial charge on any atom is -0.288 e. The second-order valence-corrected chi connectivity index (χ2v) is 8.10. The topological polar surface area (TPSA) is 6.48 Å². The molecule has 0 spiro atoms. The summed E-state index contributed by atoms with van der Waals surface area (Å²) in [7, 11) is 0.856. The van der Waals surface area contributed by atoms with Crippen LogP contribution in [-0.2, 0) is 0 Å². The molecule has 0 aliphatic heterocycles. The van der Waals surface area contributed by atoms with E-state index in [4.69, 9.17) is 0 Å². The highest BCUT2D eigenvalue weighted by Gasteiger charge is 2.23. The number of rotatable bonds is 14. The van der Waals surface area contributed by atoms with Crippen molar-refractivity contribution in [2.24, 2.45) is 0 Å². The third-order valence-corrected chi connectivity index (χ3v) is 5.79. The fourth-order valence-corrected chi connectivity index (χ4v) is 4.86. The predicted octanol–water partition coefficient (Wildman–Crippen LogP) is 4.65. The van der Waals surface area contributed by atoms with E-state index in [1.807, 2.05) is 6.08 Å². The smallest absolute Gasteiger partial charge is 0.0838 e. The van der Waals surface area contributed by atoms with Crippen molar-refractivity contribution in [2.45, 2.75) is 65.6 Å². The molecule has 2 nitrogen and oxygen atoms in total. The van der Waals surface area contributed by atoms with Gasteiger partial charge in [-0.2, -0.15) is 0 Å². The second kappa shape index (κ2) is 13.3. The molecule has 1 aromatic carbocycles. The van der Waals surface area contributed by atoms with E-state index in [2.05, 4.69) is 68.3 Å². The van der Waals surface area contributed by atoms with Gasteiger partial charge in [-0.1, -0.05) is 69.8 Å². The minimum absolute atomic E-state index is 0.575. The fourth-order valence-electron chi connectivity index (χ4n) is 3.44. The van der Waals surface area contributed by atoms with Crippen molar-refractivity contribution >= 4 is 20.8 Å². The van der Waals surface area contributed by atoms with Gasteiger partial charge in [0.25, 0.3) is 0 Å². The Labute approximate surface area is 159 Å². The zero-order valence-electron chi connectivity index (χ0n) is 16.9. The van der Waals surface area contributed by atoms with Crippen LogP contribution >= 0.6 is 0 Å². The Morgan fingerprint density at radius 3 is 1.88 bits per heavy atom. The van der Waals surface area contributed by atoms with Crippen LogP contribution in [0.3, 0.4) is 0 Å². The normalized spacial score (nSPS) is 11.6. The average molecular weight is 359 g/mol. The first-order valence-electron chi connectivity index (χ1n) is 10.1. The maximum Gasteiger partial charge on any atom is 0.0838 e. The molecule has 0 saturated carbocycles. The zero-order chi connectivity index (χ0) is 18.5. The van der Waals surface area contributed by atoms with Crippen molar-refractivity contribution in [2.75, 3.05) is 26.2 Å². The standard InChI is InChI=1S/C22H38N2Si/c1-6-14-23(15-7-2)22(24(16-8-3)17-9-4)19-25-21-13-11-12-20(10-5)18-21/h10-13,18,22H,5-9,14-17,19H2,1-4H3. The van der Waals surface area contributed by atoms with Crippen molar-refractivity contribution in [3.8, 4) is 0 Å². The first kappa shape index (κ1) is 22.1. The Hall–Kier alpha value is -0.903. The van der Waals surface area contributed by atoms with Crippen LogP contribution in [0.25, 0.3) is 6.08 Å². The molecular formula is C22H38N2Si. The molecule has 0 bridgehead atoms. The van der Waals surface area contributed by atoms with Crippen molar-refractivity contribution in [1.29, 1.82) is 0 Å². The van der Waals surface area contributed by atoms with Gasteiger partial charge in [-0.05, 0) is 63.5 Å². The summed E-state index contributed by atoms with van der Waals surface area (Å²) >= 11 is 0. The quantitative estimate of drug-likeness (QED) is 0.353. The molecule has 2 radical (unpaired) electrons. The summed E-state index contributed by atoms with van der Waals surface area (Å²) in [6, 6.07) is 10.1. The maximum absolute atomic E-state index is 3.91. The Kier molecular flexibility index (Phi) is 11.8. The summed E-state index contributed by atoms with van der Waals surface area (Å²) in [5.74, 6) is 0.